The van der Waals surface area contributed by atoms with Crippen molar-refractivity contribution in [1.82, 2.24) is 29.5 Å². The van der Waals surface area contributed by atoms with E-state index in [-0.39, 0.29) is 0 Å². The zero-order valence-corrected chi connectivity index (χ0v) is 43.1. The lowest BCUT2D eigenvalue weighted by Gasteiger charge is -2.13. The van der Waals surface area contributed by atoms with E-state index >= 15 is 0 Å². The van der Waals surface area contributed by atoms with Crippen LogP contribution < -0.4 is 0 Å². The topological polar surface area (TPSA) is 82.5 Å². The molecule has 0 saturated heterocycles. The summed E-state index contributed by atoms with van der Waals surface area (Å²) < 4.78 is 8.85. The molecule has 0 unspecified atom stereocenters. The monoisotopic (exact) mass is 1020 g/mol. The lowest BCUT2D eigenvalue weighted by molar-refractivity contribution is 0.669. The maximum atomic E-state index is 6.66. The Bertz CT molecular complexity index is 4690. The van der Waals surface area contributed by atoms with Crippen LogP contribution >= 0.6 is 0 Å². The first kappa shape index (κ1) is 46.4. The maximum Gasteiger partial charge on any atom is 0.235 e. The molecule has 0 saturated carbocycles. The van der Waals surface area contributed by atoms with Crippen molar-refractivity contribution in [3.8, 4) is 107 Å². The van der Waals surface area contributed by atoms with Gasteiger partial charge in [0.15, 0.2) is 17.5 Å². The van der Waals surface area contributed by atoms with Crippen molar-refractivity contribution in [3.05, 3.63) is 279 Å². The van der Waals surface area contributed by atoms with E-state index < -0.39 is 0 Å². The minimum absolute atomic E-state index is 0.554. The van der Waals surface area contributed by atoms with Crippen LogP contribution in [0.3, 0.4) is 0 Å². The molecule has 7 heteroatoms. The van der Waals surface area contributed by atoms with Gasteiger partial charge in [0.1, 0.15) is 11.2 Å². The number of para-hydroxylation sites is 1. The molecule has 0 aliphatic rings. The van der Waals surface area contributed by atoms with Crippen LogP contribution in [0.1, 0.15) is 0 Å². The van der Waals surface area contributed by atoms with Gasteiger partial charge in [-0.15, -0.1) is 0 Å². The molecule has 0 aliphatic carbocycles. The predicted octanol–water partition coefficient (Wildman–Crippen LogP) is 18.7. The summed E-state index contributed by atoms with van der Waals surface area (Å²) in [7, 11) is 0. The fourth-order valence-corrected chi connectivity index (χ4v) is 11.2. The van der Waals surface area contributed by atoms with Crippen molar-refractivity contribution in [2.45, 2.75) is 0 Å². The summed E-state index contributed by atoms with van der Waals surface area (Å²) in [4.78, 5) is 26.3. The van der Waals surface area contributed by atoms with Gasteiger partial charge in [-0.3, -0.25) is 4.57 Å². The summed E-state index contributed by atoms with van der Waals surface area (Å²) >= 11 is 0. The second-order valence-corrected chi connectivity index (χ2v) is 20.0. The minimum atomic E-state index is 0.554. The highest BCUT2D eigenvalue weighted by Gasteiger charge is 2.21. The van der Waals surface area contributed by atoms with Crippen LogP contribution in [0.25, 0.3) is 151 Å². The molecule has 80 heavy (non-hydrogen) atoms. The molecule has 0 amide bonds. The number of furan rings is 1. The van der Waals surface area contributed by atoms with E-state index in [9.17, 15) is 0 Å². The standard InChI is InChI=1S/C73H46N6O/c1-6-20-47(21-7-1)56-41-57(48-22-8-2-9-23-48)43-58(42-56)52-30-18-31-55(40-52)71-76-70(51-28-14-5-15-29-51)77-72(78-71)60-33-19-35-68-69(60)62-45-54(37-39-67(62)80-68)53-36-38-66-61(44-53)59-32-16-17-34-65(59)79(66)73-74-63(49-24-10-3-11-25-49)46-64(75-73)50-26-12-4-13-27-50/h1-46H. The minimum Gasteiger partial charge on any atom is -0.456 e. The molecule has 15 rings (SSSR count). The second kappa shape index (κ2) is 19.6. The Morgan fingerprint density at radius 1 is 0.250 bits per heavy atom. The maximum absolute atomic E-state index is 6.66. The fraction of sp³-hybridized carbons (Fsp3) is 0. The van der Waals surface area contributed by atoms with E-state index in [1.807, 2.05) is 78.9 Å². The van der Waals surface area contributed by atoms with Gasteiger partial charge >= 0.3 is 0 Å². The van der Waals surface area contributed by atoms with E-state index in [2.05, 4.69) is 205 Å². The lowest BCUT2D eigenvalue weighted by atomic mass is 9.93. The summed E-state index contributed by atoms with van der Waals surface area (Å²) in [5.74, 6) is 2.32. The zero-order valence-electron chi connectivity index (χ0n) is 43.1. The molecule has 4 heterocycles. The summed E-state index contributed by atoms with van der Waals surface area (Å²) in [6.45, 7) is 0. The molecular formula is C73H46N6O. The number of aromatic nitrogens is 6. The number of fused-ring (bicyclic) bond motifs is 6. The van der Waals surface area contributed by atoms with Crippen molar-refractivity contribution in [1.29, 1.82) is 0 Å². The third-order valence-corrected chi connectivity index (χ3v) is 15.1. The van der Waals surface area contributed by atoms with Crippen molar-refractivity contribution < 1.29 is 4.42 Å². The normalized spacial score (nSPS) is 11.5. The van der Waals surface area contributed by atoms with Gasteiger partial charge in [-0.25, -0.2) is 24.9 Å². The summed E-state index contributed by atoms with van der Waals surface area (Å²) in [5, 5.41) is 4.11. The molecule has 0 N–H and O–H groups in total. The molecule has 0 bridgehead atoms. The Hall–Kier alpha value is -10.9. The van der Waals surface area contributed by atoms with Gasteiger partial charge in [0.2, 0.25) is 5.95 Å². The SMILES string of the molecule is c1ccc(-c2cc(-c3ccccc3)cc(-c3cccc(-c4nc(-c5ccccc5)nc(-c5cccc6oc7ccc(-c8ccc9c(c8)c8ccccc8n9-c8nc(-c9ccccc9)cc(-c9ccccc9)n8)cc7c56)n4)c3)c2)cc1. The molecule has 4 aromatic heterocycles. The number of hydrogen-bond donors (Lipinski definition) is 0. The Kier molecular flexibility index (Phi) is 11.4. The Balaban J connectivity index is 0.853. The van der Waals surface area contributed by atoms with E-state index in [0.29, 0.717) is 23.4 Å². The Labute approximate surface area is 461 Å². The highest BCUT2D eigenvalue weighted by atomic mass is 16.3. The summed E-state index contributed by atoms with van der Waals surface area (Å²) in [5.41, 5.74) is 18.8. The van der Waals surface area contributed by atoms with E-state index in [1.54, 1.807) is 0 Å². The second-order valence-electron chi connectivity index (χ2n) is 20.0. The molecule has 11 aromatic carbocycles. The van der Waals surface area contributed by atoms with E-state index in [4.69, 9.17) is 29.3 Å². The van der Waals surface area contributed by atoms with Crippen LogP contribution in [-0.2, 0) is 0 Å². The highest BCUT2D eigenvalue weighted by molar-refractivity contribution is 6.14. The molecular weight excluding hydrogens is 977 g/mol. The van der Waals surface area contributed by atoms with Gasteiger partial charge in [0.25, 0.3) is 0 Å². The van der Waals surface area contributed by atoms with E-state index in [0.717, 1.165) is 127 Å². The molecule has 0 fully saturated rings. The third-order valence-electron chi connectivity index (χ3n) is 15.1. The first-order valence-electron chi connectivity index (χ1n) is 26.8. The number of hydrogen-bond acceptors (Lipinski definition) is 6. The summed E-state index contributed by atoms with van der Waals surface area (Å²) in [6, 6.07) is 97.1. The first-order valence-corrected chi connectivity index (χ1v) is 26.8. The van der Waals surface area contributed by atoms with Crippen LogP contribution in [0, 0.1) is 0 Å². The van der Waals surface area contributed by atoms with Gasteiger partial charge in [0.05, 0.1) is 22.4 Å². The highest BCUT2D eigenvalue weighted by Crippen LogP contribution is 2.41. The smallest absolute Gasteiger partial charge is 0.235 e. The zero-order chi connectivity index (χ0) is 52.9. The molecule has 0 spiro atoms. The molecule has 15 aromatic rings. The molecule has 0 aliphatic heterocycles. The molecule has 0 radical (unpaired) electrons. The van der Waals surface area contributed by atoms with Gasteiger partial charge in [-0.2, -0.15) is 0 Å². The van der Waals surface area contributed by atoms with Gasteiger partial charge < -0.3 is 4.42 Å². The van der Waals surface area contributed by atoms with Crippen LogP contribution in [0.15, 0.2) is 283 Å². The number of nitrogens with zero attached hydrogens (tertiary/aromatic N) is 6. The van der Waals surface area contributed by atoms with Crippen LogP contribution in [0.2, 0.25) is 0 Å². The first-order chi connectivity index (χ1) is 39.6. The quantitative estimate of drug-likeness (QED) is 0.136. The average molecular weight is 1020 g/mol. The number of benzene rings is 11. The average Bonchev–Trinajstić information content (AvgIpc) is 4.16. The van der Waals surface area contributed by atoms with Crippen molar-refractivity contribution >= 4 is 43.7 Å². The Morgan fingerprint density at radius 3 is 1.34 bits per heavy atom. The summed E-state index contributed by atoms with van der Waals surface area (Å²) in [6.07, 6.45) is 0. The fourth-order valence-electron chi connectivity index (χ4n) is 11.2. The Morgan fingerprint density at radius 2 is 0.700 bits per heavy atom. The van der Waals surface area contributed by atoms with Crippen molar-refractivity contribution in [3.63, 3.8) is 0 Å². The van der Waals surface area contributed by atoms with E-state index in [1.165, 1.54) is 0 Å². The van der Waals surface area contributed by atoms with Crippen LogP contribution in [0.5, 0.6) is 0 Å². The van der Waals surface area contributed by atoms with Crippen LogP contribution in [-0.4, -0.2) is 29.5 Å². The van der Waals surface area contributed by atoms with Crippen LogP contribution in [0.4, 0.5) is 0 Å². The van der Waals surface area contributed by atoms with Crippen molar-refractivity contribution in [2.75, 3.05) is 0 Å². The molecule has 374 valence electrons. The molecule has 7 nitrogen and oxygen atoms in total. The van der Waals surface area contributed by atoms with Gasteiger partial charge in [-0.1, -0.05) is 212 Å². The van der Waals surface area contributed by atoms with Gasteiger partial charge in [0, 0.05) is 49.4 Å². The third kappa shape index (κ3) is 8.47. The molecule has 0 atom stereocenters. The predicted molar refractivity (Wildman–Crippen MR) is 326 cm³/mol. The van der Waals surface area contributed by atoms with Crippen molar-refractivity contribution in [2.24, 2.45) is 0 Å². The lowest BCUT2D eigenvalue weighted by Crippen LogP contribution is -2.03. The largest absolute Gasteiger partial charge is 0.456 e. The van der Waals surface area contributed by atoms with Gasteiger partial charge in [-0.05, 0) is 111 Å². The number of rotatable bonds is 10.